The van der Waals surface area contributed by atoms with Crippen LogP contribution in [0.15, 0.2) is 54.9 Å². The Hall–Kier alpha value is -2.22. The molecule has 0 unspecified atom stereocenters. The smallest absolute Gasteiger partial charge is 0.234 e. The van der Waals surface area contributed by atoms with E-state index in [-0.39, 0.29) is 0 Å². The summed E-state index contributed by atoms with van der Waals surface area (Å²) in [5.74, 6) is 0. The SMILES string of the molecule is CCc1ccc2c3[nH]c4ccccc4c3cc[n+]2c1.[O-][Cl+3]([O-])([O-])[O-]. The lowest BCUT2D eigenvalue weighted by molar-refractivity contribution is -2.00. The van der Waals surface area contributed by atoms with Gasteiger partial charge in [0, 0.05) is 34.0 Å². The van der Waals surface area contributed by atoms with E-state index in [1.165, 1.54) is 32.9 Å². The Morgan fingerprint density at radius 3 is 2.38 bits per heavy atom. The van der Waals surface area contributed by atoms with Crippen molar-refractivity contribution >= 4 is 27.3 Å². The van der Waals surface area contributed by atoms with Crippen LogP contribution in [0.1, 0.15) is 12.5 Å². The van der Waals surface area contributed by atoms with Gasteiger partial charge in [-0.15, -0.1) is 10.2 Å². The number of aryl methyl sites for hydroxylation is 1. The number of benzene rings is 1. The second-order valence-corrected chi connectivity index (χ2v) is 6.09. The third-order valence-electron chi connectivity index (χ3n) is 3.85. The van der Waals surface area contributed by atoms with Gasteiger partial charge >= 0.3 is 0 Å². The molecular formula is C17H15ClN2O4. The Bertz CT molecular complexity index is 1000. The van der Waals surface area contributed by atoms with Crippen LogP contribution in [-0.2, 0) is 6.42 Å². The van der Waals surface area contributed by atoms with Gasteiger partial charge in [0.2, 0.25) is 5.52 Å². The highest BCUT2D eigenvalue weighted by Crippen LogP contribution is 2.26. The van der Waals surface area contributed by atoms with Crippen molar-refractivity contribution in [3.63, 3.8) is 0 Å². The van der Waals surface area contributed by atoms with Gasteiger partial charge < -0.3 is 4.98 Å². The van der Waals surface area contributed by atoms with Crippen LogP contribution >= 0.6 is 0 Å². The molecule has 0 radical (unpaired) electrons. The van der Waals surface area contributed by atoms with Crippen molar-refractivity contribution in [2.45, 2.75) is 13.3 Å². The fourth-order valence-electron chi connectivity index (χ4n) is 2.80. The van der Waals surface area contributed by atoms with Gasteiger partial charge in [-0.3, -0.25) is 0 Å². The number of rotatable bonds is 1. The lowest BCUT2D eigenvalue weighted by Crippen LogP contribution is -2.68. The van der Waals surface area contributed by atoms with Crippen LogP contribution < -0.4 is 23.0 Å². The molecule has 0 spiro atoms. The summed E-state index contributed by atoms with van der Waals surface area (Å²) < 4.78 is 36.2. The second kappa shape index (κ2) is 6.35. The molecule has 4 aromatic rings. The van der Waals surface area contributed by atoms with E-state index in [9.17, 15) is 0 Å². The van der Waals surface area contributed by atoms with E-state index in [4.69, 9.17) is 18.6 Å². The van der Waals surface area contributed by atoms with Crippen molar-refractivity contribution in [2.24, 2.45) is 0 Å². The highest BCUT2D eigenvalue weighted by molar-refractivity contribution is 6.10. The molecule has 0 aliphatic heterocycles. The van der Waals surface area contributed by atoms with Gasteiger partial charge in [0.15, 0.2) is 12.4 Å². The second-order valence-electron chi connectivity index (χ2n) is 5.34. The van der Waals surface area contributed by atoms with Crippen molar-refractivity contribution in [2.75, 3.05) is 0 Å². The molecule has 6 nitrogen and oxygen atoms in total. The van der Waals surface area contributed by atoms with Crippen molar-refractivity contribution in [3.8, 4) is 0 Å². The zero-order valence-electron chi connectivity index (χ0n) is 12.9. The Morgan fingerprint density at radius 1 is 0.958 bits per heavy atom. The topological polar surface area (TPSA) is 112 Å². The maximum atomic E-state index is 8.49. The van der Waals surface area contributed by atoms with Crippen LogP contribution in [0.25, 0.3) is 27.3 Å². The number of nitrogens with one attached hydrogen (secondary N) is 1. The molecule has 0 aliphatic rings. The number of pyridine rings is 2. The van der Waals surface area contributed by atoms with Gasteiger partial charge in [-0.05, 0) is 18.6 Å². The average molecular weight is 347 g/mol. The van der Waals surface area contributed by atoms with E-state index in [1.54, 1.807) is 0 Å². The number of aromatic nitrogens is 2. The molecule has 0 saturated heterocycles. The first-order chi connectivity index (χ1) is 11.4. The summed E-state index contributed by atoms with van der Waals surface area (Å²) in [6, 6.07) is 15.1. The van der Waals surface area contributed by atoms with E-state index in [1.807, 2.05) is 0 Å². The molecule has 7 heteroatoms. The van der Waals surface area contributed by atoms with Crippen molar-refractivity contribution < 1.29 is 33.3 Å². The van der Waals surface area contributed by atoms with Gasteiger partial charge in [-0.25, -0.2) is 18.6 Å². The molecule has 1 aromatic carbocycles. The lowest BCUT2D eigenvalue weighted by Gasteiger charge is -2.17. The summed E-state index contributed by atoms with van der Waals surface area (Å²) in [5.41, 5.74) is 5.00. The lowest BCUT2D eigenvalue weighted by atomic mass is 10.1. The Kier molecular flexibility index (Phi) is 4.40. The molecule has 3 aromatic heterocycles. The minimum atomic E-state index is -4.94. The molecular weight excluding hydrogens is 332 g/mol. The number of hydrogen-bond acceptors (Lipinski definition) is 4. The largest absolute Gasteiger partial charge is 0.349 e. The number of fused-ring (bicyclic) bond motifs is 5. The molecule has 0 aliphatic carbocycles. The third-order valence-corrected chi connectivity index (χ3v) is 3.85. The normalized spacial score (nSPS) is 11.7. The molecule has 0 amide bonds. The highest BCUT2D eigenvalue weighted by Gasteiger charge is 2.12. The first-order valence-electron chi connectivity index (χ1n) is 7.32. The maximum absolute atomic E-state index is 8.49. The van der Waals surface area contributed by atoms with Crippen molar-refractivity contribution in [1.29, 1.82) is 0 Å². The number of aromatic amines is 1. The van der Waals surface area contributed by atoms with E-state index < -0.39 is 10.2 Å². The monoisotopic (exact) mass is 346 g/mol. The maximum Gasteiger partial charge on any atom is 0.234 e. The molecule has 0 saturated carbocycles. The molecule has 0 fully saturated rings. The van der Waals surface area contributed by atoms with Crippen LogP contribution in [0.4, 0.5) is 0 Å². The molecule has 0 atom stereocenters. The van der Waals surface area contributed by atoms with Gasteiger partial charge in [0.05, 0.1) is 0 Å². The molecule has 24 heavy (non-hydrogen) atoms. The van der Waals surface area contributed by atoms with Crippen LogP contribution in [0.2, 0.25) is 0 Å². The first kappa shape index (κ1) is 16.6. The van der Waals surface area contributed by atoms with E-state index >= 15 is 0 Å². The van der Waals surface area contributed by atoms with Crippen LogP contribution in [0.3, 0.4) is 0 Å². The van der Waals surface area contributed by atoms with Crippen molar-refractivity contribution in [1.82, 2.24) is 4.98 Å². The Morgan fingerprint density at radius 2 is 1.67 bits per heavy atom. The minimum Gasteiger partial charge on any atom is -0.349 e. The van der Waals surface area contributed by atoms with Gasteiger partial charge in [-0.1, -0.05) is 25.1 Å². The highest BCUT2D eigenvalue weighted by atomic mass is 35.7. The van der Waals surface area contributed by atoms with Crippen LogP contribution in [0.5, 0.6) is 0 Å². The Labute approximate surface area is 140 Å². The number of H-pyrrole nitrogens is 1. The first-order valence-corrected chi connectivity index (χ1v) is 8.55. The number of para-hydroxylation sites is 1. The number of hydrogen-bond donors (Lipinski definition) is 1. The van der Waals surface area contributed by atoms with Crippen LogP contribution in [-0.4, -0.2) is 4.98 Å². The number of halogens is 1. The fraction of sp³-hybridized carbons (Fsp3) is 0.118. The zero-order valence-corrected chi connectivity index (χ0v) is 13.6. The predicted molar refractivity (Wildman–Crippen MR) is 78.3 cm³/mol. The summed E-state index contributed by atoms with van der Waals surface area (Å²) >= 11 is 0. The predicted octanol–water partition coefficient (Wildman–Crippen LogP) is -1.13. The minimum absolute atomic E-state index is 1.06. The Balaban J connectivity index is 0.000000300. The average Bonchev–Trinajstić information content (AvgIpc) is 2.91. The molecule has 1 N–H and O–H groups in total. The fourth-order valence-corrected chi connectivity index (χ4v) is 2.80. The summed E-state index contributed by atoms with van der Waals surface area (Å²) in [7, 11) is -4.94. The van der Waals surface area contributed by atoms with E-state index in [0.717, 1.165) is 6.42 Å². The number of nitrogens with zero attached hydrogens (tertiary/aromatic N) is 1. The quantitative estimate of drug-likeness (QED) is 0.439. The molecule has 4 rings (SSSR count). The van der Waals surface area contributed by atoms with Gasteiger partial charge in [0.1, 0.15) is 5.52 Å². The van der Waals surface area contributed by atoms with Gasteiger partial charge in [0.25, 0.3) is 0 Å². The zero-order chi connectivity index (χ0) is 17.3. The summed E-state index contributed by atoms with van der Waals surface area (Å²) in [6.45, 7) is 2.18. The summed E-state index contributed by atoms with van der Waals surface area (Å²) in [6.07, 6.45) is 5.42. The van der Waals surface area contributed by atoms with Crippen LogP contribution in [0, 0.1) is 10.2 Å². The molecule has 124 valence electrons. The summed E-state index contributed by atoms with van der Waals surface area (Å²) in [5, 5.41) is 2.58. The third kappa shape index (κ3) is 3.48. The molecule has 0 bridgehead atoms. The van der Waals surface area contributed by atoms with E-state index in [2.05, 4.69) is 71.2 Å². The van der Waals surface area contributed by atoms with Gasteiger partial charge in [-0.2, -0.15) is 4.40 Å². The van der Waals surface area contributed by atoms with Crippen molar-refractivity contribution in [3.05, 3.63) is 60.4 Å². The van der Waals surface area contributed by atoms with E-state index in [0.29, 0.717) is 0 Å². The summed E-state index contributed by atoms with van der Waals surface area (Å²) in [4.78, 5) is 3.54. The standard InChI is InChI=1S/C17H14N2.ClHO4/c1-2-12-7-8-16-17-14(9-10-19(16)11-12)13-5-3-4-6-15(13)18-17;2-1(3,4)5/h3-11H,2H2,1H3;(H,2,3,4,5). The molecule has 3 heterocycles.